The molecule has 1 fully saturated rings. The predicted molar refractivity (Wildman–Crippen MR) is 96.0 cm³/mol. The maximum Gasteiger partial charge on any atom is 0.269 e. The van der Waals surface area contributed by atoms with Crippen molar-refractivity contribution < 1.29 is 9.53 Å². The highest BCUT2D eigenvalue weighted by molar-refractivity contribution is 5.92. The number of carbonyl (C=O) groups excluding carboxylic acids is 1. The molecule has 2 aromatic rings. The van der Waals surface area contributed by atoms with Gasteiger partial charge in [-0.3, -0.25) is 9.48 Å². The Labute approximate surface area is 152 Å². The number of fused-ring (bicyclic) bond motifs is 1. The van der Waals surface area contributed by atoms with Gasteiger partial charge in [0.05, 0.1) is 18.9 Å². The zero-order valence-corrected chi connectivity index (χ0v) is 15.0. The van der Waals surface area contributed by atoms with Crippen LogP contribution in [0.2, 0.25) is 0 Å². The van der Waals surface area contributed by atoms with Crippen molar-refractivity contribution in [2.45, 2.75) is 45.4 Å². The Morgan fingerprint density at radius 1 is 1.46 bits per heavy atom. The molecule has 0 radical (unpaired) electrons. The molecule has 0 spiro atoms. The van der Waals surface area contributed by atoms with Crippen LogP contribution >= 0.6 is 0 Å². The standard InChI is InChI=1S/C18H24N6O2/c1-2-24-16(5-7-20-24)17(25)21-14-4-3-8-23(11-14)18-19-10-13-12-26-9-6-15(13)22-18/h5,7,10,14H,2-4,6,8-9,11-12H2,1H3,(H,21,25)/t14-/m1/s1. The smallest absolute Gasteiger partial charge is 0.269 e. The van der Waals surface area contributed by atoms with Crippen LogP contribution in [0.4, 0.5) is 5.95 Å². The van der Waals surface area contributed by atoms with Crippen molar-refractivity contribution in [3.05, 3.63) is 35.4 Å². The first-order chi connectivity index (χ1) is 12.7. The molecule has 0 saturated carbocycles. The zero-order valence-electron chi connectivity index (χ0n) is 15.0. The molecule has 1 N–H and O–H groups in total. The molecule has 8 nitrogen and oxygen atoms in total. The number of hydrogen-bond donors (Lipinski definition) is 1. The van der Waals surface area contributed by atoms with Crippen LogP contribution in [-0.4, -0.2) is 51.4 Å². The number of aryl methyl sites for hydroxylation is 1. The monoisotopic (exact) mass is 356 g/mol. The van der Waals surface area contributed by atoms with Crippen LogP contribution in [0, 0.1) is 0 Å². The summed E-state index contributed by atoms with van der Waals surface area (Å²) < 4.78 is 7.16. The van der Waals surface area contributed by atoms with Crippen molar-refractivity contribution in [1.82, 2.24) is 25.1 Å². The van der Waals surface area contributed by atoms with Crippen molar-refractivity contribution in [3.63, 3.8) is 0 Å². The minimum atomic E-state index is -0.0697. The minimum Gasteiger partial charge on any atom is -0.376 e. The zero-order chi connectivity index (χ0) is 17.9. The Morgan fingerprint density at radius 3 is 3.27 bits per heavy atom. The molecule has 2 aromatic heterocycles. The summed E-state index contributed by atoms with van der Waals surface area (Å²) >= 11 is 0. The first-order valence-corrected chi connectivity index (χ1v) is 9.24. The number of ether oxygens (including phenoxy) is 1. The van der Waals surface area contributed by atoms with Crippen LogP contribution in [0.1, 0.15) is 41.5 Å². The third-order valence-electron chi connectivity index (χ3n) is 4.97. The normalized spacial score (nSPS) is 19.9. The third-order valence-corrected chi connectivity index (χ3v) is 4.97. The van der Waals surface area contributed by atoms with Gasteiger partial charge in [-0.25, -0.2) is 9.97 Å². The topological polar surface area (TPSA) is 85.2 Å². The summed E-state index contributed by atoms with van der Waals surface area (Å²) in [6.45, 7) is 5.60. The largest absolute Gasteiger partial charge is 0.376 e. The number of nitrogens with zero attached hydrogens (tertiary/aromatic N) is 5. The first-order valence-electron chi connectivity index (χ1n) is 9.24. The average molecular weight is 356 g/mol. The SMILES string of the molecule is CCn1nccc1C(=O)N[C@@H]1CCCN(c2ncc3c(n2)CCOC3)C1. The molecule has 0 aliphatic carbocycles. The molecule has 1 amide bonds. The predicted octanol–water partition coefficient (Wildman–Crippen LogP) is 1.16. The van der Waals surface area contributed by atoms with E-state index in [0.717, 1.165) is 49.6 Å². The fourth-order valence-corrected chi connectivity index (χ4v) is 3.59. The molecule has 1 saturated heterocycles. The van der Waals surface area contributed by atoms with Crippen molar-refractivity contribution in [2.24, 2.45) is 0 Å². The van der Waals surface area contributed by atoms with E-state index in [9.17, 15) is 4.79 Å². The minimum absolute atomic E-state index is 0.0697. The van der Waals surface area contributed by atoms with Crippen LogP contribution in [0.5, 0.6) is 0 Å². The molecule has 4 heterocycles. The summed E-state index contributed by atoms with van der Waals surface area (Å²) in [6, 6.07) is 1.84. The van der Waals surface area contributed by atoms with E-state index in [-0.39, 0.29) is 11.9 Å². The summed E-state index contributed by atoms with van der Waals surface area (Å²) in [4.78, 5) is 24.0. The molecule has 2 aliphatic heterocycles. The van der Waals surface area contributed by atoms with Crippen LogP contribution in [0.15, 0.2) is 18.5 Å². The van der Waals surface area contributed by atoms with Gasteiger partial charge in [0.15, 0.2) is 0 Å². The molecule has 138 valence electrons. The number of nitrogens with one attached hydrogen (secondary N) is 1. The molecule has 2 aliphatic rings. The van der Waals surface area contributed by atoms with Crippen molar-refractivity contribution in [1.29, 1.82) is 0 Å². The highest BCUT2D eigenvalue weighted by Crippen LogP contribution is 2.20. The van der Waals surface area contributed by atoms with Gasteiger partial charge < -0.3 is 15.0 Å². The second-order valence-corrected chi connectivity index (χ2v) is 6.74. The highest BCUT2D eigenvalue weighted by atomic mass is 16.5. The molecule has 1 atom stereocenters. The molecular weight excluding hydrogens is 332 g/mol. The van der Waals surface area contributed by atoms with E-state index in [2.05, 4.69) is 20.3 Å². The molecule has 4 rings (SSSR count). The summed E-state index contributed by atoms with van der Waals surface area (Å²) in [5.74, 6) is 0.683. The third kappa shape index (κ3) is 3.41. The van der Waals surface area contributed by atoms with Gasteiger partial charge >= 0.3 is 0 Å². The highest BCUT2D eigenvalue weighted by Gasteiger charge is 2.25. The molecule has 26 heavy (non-hydrogen) atoms. The van der Waals surface area contributed by atoms with Crippen molar-refractivity contribution >= 4 is 11.9 Å². The van der Waals surface area contributed by atoms with Gasteiger partial charge in [-0.1, -0.05) is 0 Å². The molecule has 8 heteroatoms. The second kappa shape index (κ2) is 7.41. The number of amides is 1. The Balaban J connectivity index is 1.43. The fraction of sp³-hybridized carbons (Fsp3) is 0.556. The Morgan fingerprint density at radius 2 is 2.38 bits per heavy atom. The lowest BCUT2D eigenvalue weighted by Gasteiger charge is -2.33. The molecule has 0 bridgehead atoms. The quantitative estimate of drug-likeness (QED) is 0.885. The number of rotatable bonds is 4. The van der Waals surface area contributed by atoms with E-state index in [1.807, 2.05) is 13.1 Å². The van der Waals surface area contributed by atoms with E-state index >= 15 is 0 Å². The van der Waals surface area contributed by atoms with Gasteiger partial charge in [-0.15, -0.1) is 0 Å². The van der Waals surface area contributed by atoms with Crippen LogP contribution in [-0.2, 0) is 24.3 Å². The van der Waals surface area contributed by atoms with Crippen LogP contribution < -0.4 is 10.2 Å². The lowest BCUT2D eigenvalue weighted by atomic mass is 10.1. The number of carbonyl (C=O) groups is 1. The van der Waals surface area contributed by atoms with E-state index < -0.39 is 0 Å². The van der Waals surface area contributed by atoms with Gasteiger partial charge in [0.1, 0.15) is 5.69 Å². The number of anilines is 1. The summed E-state index contributed by atoms with van der Waals surface area (Å²) in [5.41, 5.74) is 2.77. The maximum atomic E-state index is 12.6. The molecular formula is C18H24N6O2. The van der Waals surface area contributed by atoms with E-state index in [1.165, 1.54) is 0 Å². The summed E-state index contributed by atoms with van der Waals surface area (Å²) in [6.07, 6.45) is 6.33. The van der Waals surface area contributed by atoms with E-state index in [4.69, 9.17) is 9.72 Å². The van der Waals surface area contributed by atoms with E-state index in [0.29, 0.717) is 25.5 Å². The van der Waals surface area contributed by atoms with Crippen LogP contribution in [0.25, 0.3) is 0 Å². The fourth-order valence-electron chi connectivity index (χ4n) is 3.59. The lowest BCUT2D eigenvalue weighted by Crippen LogP contribution is -2.48. The van der Waals surface area contributed by atoms with Gasteiger partial charge in [0.2, 0.25) is 5.95 Å². The molecule has 0 aromatic carbocycles. The van der Waals surface area contributed by atoms with Gasteiger partial charge in [-0.05, 0) is 25.8 Å². The summed E-state index contributed by atoms with van der Waals surface area (Å²) in [5, 5.41) is 7.31. The van der Waals surface area contributed by atoms with Crippen LogP contribution in [0.3, 0.4) is 0 Å². The van der Waals surface area contributed by atoms with Gasteiger partial charge in [-0.2, -0.15) is 5.10 Å². The number of aromatic nitrogens is 4. The molecule has 0 unspecified atom stereocenters. The number of piperidine rings is 1. The second-order valence-electron chi connectivity index (χ2n) is 6.74. The number of hydrogen-bond acceptors (Lipinski definition) is 6. The Kier molecular flexibility index (Phi) is 4.83. The van der Waals surface area contributed by atoms with Crippen molar-refractivity contribution in [3.8, 4) is 0 Å². The maximum absolute atomic E-state index is 12.6. The lowest BCUT2D eigenvalue weighted by molar-refractivity contribution is 0.0922. The Hall–Kier alpha value is -2.48. The first kappa shape index (κ1) is 17.0. The van der Waals surface area contributed by atoms with Crippen molar-refractivity contribution in [2.75, 3.05) is 24.6 Å². The Bertz CT molecular complexity index is 790. The van der Waals surface area contributed by atoms with Gasteiger partial charge in [0, 0.05) is 50.1 Å². The average Bonchev–Trinajstić information content (AvgIpc) is 3.17. The van der Waals surface area contributed by atoms with Gasteiger partial charge in [0.25, 0.3) is 5.91 Å². The summed E-state index contributed by atoms with van der Waals surface area (Å²) in [7, 11) is 0. The van der Waals surface area contributed by atoms with E-state index in [1.54, 1.807) is 16.9 Å².